The Hall–Kier alpha value is -1.01. The van der Waals surface area contributed by atoms with Gasteiger partial charge in [-0.1, -0.05) is 19.1 Å². The van der Waals surface area contributed by atoms with Crippen LogP contribution in [0.4, 0.5) is 0 Å². The fraction of sp³-hybridized carbons (Fsp3) is 0.562. The maximum atomic E-state index is 12.2. The minimum absolute atomic E-state index is 0. The molecule has 0 aromatic heterocycles. The minimum Gasteiger partial charge on any atom is -0.491 e. The van der Waals surface area contributed by atoms with E-state index in [1.54, 1.807) is 6.07 Å². The molecule has 1 aromatic carbocycles. The molecule has 1 amide bonds. The number of ether oxygens (including phenoxy) is 1. The molecular weight excluding hydrogens is 337 g/mol. The summed E-state index contributed by atoms with van der Waals surface area (Å²) < 4.78 is 5.70. The van der Waals surface area contributed by atoms with Crippen molar-refractivity contribution in [1.29, 1.82) is 0 Å². The second-order valence-electron chi connectivity index (χ2n) is 5.15. The molecule has 0 saturated carbocycles. The fourth-order valence-corrected chi connectivity index (χ4v) is 1.78. The van der Waals surface area contributed by atoms with Crippen LogP contribution in [0, 0.1) is 0 Å². The van der Waals surface area contributed by atoms with Crippen LogP contribution in [0.1, 0.15) is 23.7 Å². The van der Waals surface area contributed by atoms with Gasteiger partial charge >= 0.3 is 0 Å². The van der Waals surface area contributed by atoms with Crippen LogP contribution in [-0.2, 0) is 0 Å². The second kappa shape index (κ2) is 14.6. The summed E-state index contributed by atoms with van der Waals surface area (Å²) in [5, 5.41) is 6.16. The Morgan fingerprint density at radius 1 is 1.13 bits per heavy atom. The maximum Gasteiger partial charge on any atom is 0.255 e. The molecule has 0 radical (unpaired) electrons. The van der Waals surface area contributed by atoms with E-state index in [1.807, 2.05) is 37.2 Å². The van der Waals surface area contributed by atoms with Crippen LogP contribution in [0.2, 0.25) is 0 Å². The van der Waals surface area contributed by atoms with Crippen LogP contribution in [0.3, 0.4) is 0 Å². The van der Waals surface area contributed by atoms with Gasteiger partial charge in [0.25, 0.3) is 5.91 Å². The van der Waals surface area contributed by atoms with E-state index in [1.165, 1.54) is 0 Å². The number of carbonyl (C=O) groups is 1. The lowest BCUT2D eigenvalue weighted by atomic mass is 10.2. The van der Waals surface area contributed by atoms with Crippen molar-refractivity contribution in [3.05, 3.63) is 29.8 Å². The third-order valence-corrected chi connectivity index (χ3v) is 2.94. The Bertz CT molecular complexity index is 432. The highest BCUT2D eigenvalue weighted by Gasteiger charge is 2.11. The monoisotopic (exact) mass is 365 g/mol. The van der Waals surface area contributed by atoms with Crippen molar-refractivity contribution >= 4 is 30.7 Å². The molecule has 1 aromatic rings. The Balaban J connectivity index is 0. The van der Waals surface area contributed by atoms with Crippen molar-refractivity contribution in [1.82, 2.24) is 15.5 Å². The van der Waals surface area contributed by atoms with Crippen LogP contribution in [0.5, 0.6) is 5.75 Å². The molecule has 0 unspecified atom stereocenters. The smallest absolute Gasteiger partial charge is 0.255 e. The van der Waals surface area contributed by atoms with Crippen molar-refractivity contribution in [3.63, 3.8) is 0 Å². The van der Waals surface area contributed by atoms with Crippen LogP contribution >= 0.6 is 24.8 Å². The van der Waals surface area contributed by atoms with Crippen molar-refractivity contribution in [2.45, 2.75) is 13.3 Å². The minimum atomic E-state index is -0.0891. The largest absolute Gasteiger partial charge is 0.491 e. The molecule has 0 saturated heterocycles. The average molecular weight is 366 g/mol. The van der Waals surface area contributed by atoms with Crippen LogP contribution in [0.25, 0.3) is 0 Å². The summed E-state index contributed by atoms with van der Waals surface area (Å²) >= 11 is 0. The molecule has 7 heteroatoms. The third kappa shape index (κ3) is 10.4. The molecule has 0 spiro atoms. The highest BCUT2D eigenvalue weighted by atomic mass is 35.5. The first-order valence-electron chi connectivity index (χ1n) is 7.50. The number of benzene rings is 1. The van der Waals surface area contributed by atoms with Gasteiger partial charge in [-0.15, -0.1) is 24.8 Å². The summed E-state index contributed by atoms with van der Waals surface area (Å²) in [6, 6.07) is 7.35. The first-order chi connectivity index (χ1) is 10.1. The summed E-state index contributed by atoms with van der Waals surface area (Å²) in [5.41, 5.74) is 0.590. The zero-order valence-electron chi connectivity index (χ0n) is 14.1. The first kappa shape index (κ1) is 24.2. The number of likely N-dealkylation sites (N-methyl/N-ethyl adjacent to an activating group) is 1. The maximum absolute atomic E-state index is 12.2. The van der Waals surface area contributed by atoms with Gasteiger partial charge < -0.3 is 20.3 Å². The lowest BCUT2D eigenvalue weighted by molar-refractivity contribution is 0.0949. The van der Waals surface area contributed by atoms with E-state index in [2.05, 4.69) is 17.6 Å². The quantitative estimate of drug-likeness (QED) is 0.624. The number of carbonyl (C=O) groups excluding carboxylic acids is 1. The molecule has 5 nitrogen and oxygen atoms in total. The van der Waals surface area contributed by atoms with E-state index in [0.717, 1.165) is 26.1 Å². The van der Waals surface area contributed by atoms with Crippen LogP contribution in [-0.4, -0.2) is 57.7 Å². The van der Waals surface area contributed by atoms with E-state index in [4.69, 9.17) is 4.74 Å². The van der Waals surface area contributed by atoms with Gasteiger partial charge in [0.1, 0.15) is 12.4 Å². The van der Waals surface area contributed by atoms with Crippen molar-refractivity contribution in [2.24, 2.45) is 0 Å². The van der Waals surface area contributed by atoms with E-state index < -0.39 is 0 Å². The second-order valence-corrected chi connectivity index (χ2v) is 5.15. The molecule has 0 heterocycles. The van der Waals surface area contributed by atoms with E-state index in [9.17, 15) is 4.79 Å². The lowest BCUT2D eigenvalue weighted by Gasteiger charge is -2.14. The van der Waals surface area contributed by atoms with E-state index in [-0.39, 0.29) is 30.7 Å². The summed E-state index contributed by atoms with van der Waals surface area (Å²) in [6.07, 6.45) is 1.09. The number of para-hydroxylation sites is 1. The summed E-state index contributed by atoms with van der Waals surface area (Å²) in [5.74, 6) is 0.548. The molecule has 23 heavy (non-hydrogen) atoms. The fourth-order valence-electron chi connectivity index (χ4n) is 1.78. The Morgan fingerprint density at radius 3 is 2.48 bits per heavy atom. The van der Waals surface area contributed by atoms with Crippen molar-refractivity contribution in [3.8, 4) is 5.75 Å². The molecule has 0 aliphatic heterocycles. The molecular formula is C16H29Cl2N3O2. The van der Waals surface area contributed by atoms with E-state index in [0.29, 0.717) is 24.5 Å². The molecule has 0 bridgehead atoms. The van der Waals surface area contributed by atoms with Crippen LogP contribution in [0.15, 0.2) is 24.3 Å². The normalized spacial score (nSPS) is 9.74. The zero-order chi connectivity index (χ0) is 15.5. The molecule has 0 fully saturated rings. The molecule has 0 aliphatic carbocycles. The SMILES string of the molecule is CCCNCCNC(=O)c1ccccc1OCCN(C)C.Cl.Cl. The number of nitrogens with one attached hydrogen (secondary N) is 2. The first-order valence-corrected chi connectivity index (χ1v) is 7.50. The summed E-state index contributed by atoms with van der Waals surface area (Å²) in [6.45, 7) is 5.87. The Labute approximate surface area is 152 Å². The van der Waals surface area contributed by atoms with Gasteiger partial charge in [0.05, 0.1) is 5.56 Å². The zero-order valence-corrected chi connectivity index (χ0v) is 15.8. The third-order valence-electron chi connectivity index (χ3n) is 2.94. The number of nitrogens with zero attached hydrogens (tertiary/aromatic N) is 1. The number of halogens is 2. The van der Waals surface area contributed by atoms with Crippen LogP contribution < -0.4 is 15.4 Å². The number of amides is 1. The number of hydrogen-bond donors (Lipinski definition) is 2. The van der Waals surface area contributed by atoms with Gasteiger partial charge in [0, 0.05) is 19.6 Å². The molecule has 0 aliphatic rings. The van der Waals surface area contributed by atoms with Gasteiger partial charge in [-0.2, -0.15) is 0 Å². The average Bonchev–Trinajstić information content (AvgIpc) is 2.47. The summed E-state index contributed by atoms with van der Waals surface area (Å²) in [7, 11) is 3.98. The van der Waals surface area contributed by atoms with Gasteiger partial charge in [0.15, 0.2) is 0 Å². The van der Waals surface area contributed by atoms with Gasteiger partial charge in [-0.3, -0.25) is 4.79 Å². The Morgan fingerprint density at radius 2 is 1.83 bits per heavy atom. The standard InChI is InChI=1S/C16H27N3O2.2ClH/c1-4-9-17-10-11-18-16(20)14-7-5-6-8-15(14)21-13-12-19(2)3;;/h5-8,17H,4,9-13H2,1-3H3,(H,18,20);2*1H. The van der Waals surface area contributed by atoms with Gasteiger partial charge in [-0.05, 0) is 39.2 Å². The molecule has 1 rings (SSSR count). The van der Waals surface area contributed by atoms with Crippen molar-refractivity contribution < 1.29 is 9.53 Å². The van der Waals surface area contributed by atoms with Gasteiger partial charge in [0.2, 0.25) is 0 Å². The molecule has 134 valence electrons. The van der Waals surface area contributed by atoms with E-state index >= 15 is 0 Å². The predicted octanol–water partition coefficient (Wildman–Crippen LogP) is 2.20. The lowest BCUT2D eigenvalue weighted by Crippen LogP contribution is -2.32. The molecule has 2 N–H and O–H groups in total. The number of hydrogen-bond acceptors (Lipinski definition) is 4. The van der Waals surface area contributed by atoms with Gasteiger partial charge in [-0.25, -0.2) is 0 Å². The number of rotatable bonds is 10. The highest BCUT2D eigenvalue weighted by Crippen LogP contribution is 2.17. The highest BCUT2D eigenvalue weighted by molar-refractivity contribution is 5.96. The summed E-state index contributed by atoms with van der Waals surface area (Å²) in [4.78, 5) is 14.2. The topological polar surface area (TPSA) is 53.6 Å². The van der Waals surface area contributed by atoms with Crippen molar-refractivity contribution in [2.75, 3.05) is 46.9 Å². The molecule has 0 atom stereocenters. The predicted molar refractivity (Wildman–Crippen MR) is 100 cm³/mol. The Kier molecular flexibility index (Phi) is 15.4.